The minimum absolute atomic E-state index is 0.00979. The largest absolute Gasteiger partial charge is 0.492 e. The molecule has 3 aromatic rings. The number of pyridine rings is 1. The highest BCUT2D eigenvalue weighted by atomic mass is 32.2. The van der Waals surface area contributed by atoms with Gasteiger partial charge in [-0.2, -0.15) is 0 Å². The molecule has 2 bridgehead atoms. The van der Waals surface area contributed by atoms with E-state index < -0.39 is 16.8 Å². The number of hydrogen-bond acceptors (Lipinski definition) is 8. The molecule has 2 saturated heterocycles. The predicted molar refractivity (Wildman–Crippen MR) is 139 cm³/mol. The Morgan fingerprint density at radius 1 is 1.14 bits per heavy atom. The van der Waals surface area contributed by atoms with Crippen molar-refractivity contribution in [1.82, 2.24) is 15.0 Å². The van der Waals surface area contributed by atoms with Crippen LogP contribution in [0.25, 0.3) is 22.4 Å². The van der Waals surface area contributed by atoms with Crippen molar-refractivity contribution in [3.05, 3.63) is 42.6 Å². The normalized spacial score (nSPS) is 19.8. The number of benzene rings is 1. The lowest BCUT2D eigenvalue weighted by Crippen LogP contribution is -2.46. The number of halogens is 1. The molecule has 9 nitrogen and oxygen atoms in total. The summed E-state index contributed by atoms with van der Waals surface area (Å²) < 4.78 is 40.9. The lowest BCUT2D eigenvalue weighted by atomic mass is 10.0. The Morgan fingerprint density at radius 3 is 2.58 bits per heavy atom. The van der Waals surface area contributed by atoms with Gasteiger partial charge in [0.25, 0.3) is 0 Å². The summed E-state index contributed by atoms with van der Waals surface area (Å²) in [7, 11) is -0.00607. The first-order valence-electron chi connectivity index (χ1n) is 12.0. The molecule has 0 saturated carbocycles. The molecule has 2 aliphatic rings. The number of nitrogens with zero attached hydrogens (tertiary/aromatic N) is 4. The molecular weight excluding hydrogens is 483 g/mol. The van der Waals surface area contributed by atoms with Crippen LogP contribution in [0.15, 0.2) is 36.8 Å². The van der Waals surface area contributed by atoms with Gasteiger partial charge in [0, 0.05) is 23.1 Å². The Hall–Kier alpha value is -3.31. The molecule has 190 valence electrons. The van der Waals surface area contributed by atoms with Crippen molar-refractivity contribution in [3.63, 3.8) is 0 Å². The van der Waals surface area contributed by atoms with Gasteiger partial charge in [0.1, 0.15) is 22.6 Å². The van der Waals surface area contributed by atoms with Gasteiger partial charge in [0.2, 0.25) is 0 Å². The van der Waals surface area contributed by atoms with Gasteiger partial charge in [0.15, 0.2) is 11.6 Å². The molecule has 5 rings (SSSR count). The second-order valence-corrected chi connectivity index (χ2v) is 10.2. The van der Waals surface area contributed by atoms with Crippen molar-refractivity contribution >= 4 is 28.3 Å². The van der Waals surface area contributed by atoms with E-state index >= 15 is 0 Å². The molecule has 0 aliphatic carbocycles. The molecular formula is C25H29FN6O3S. The number of nitrogens with two attached hydrogens (primary N) is 1. The highest BCUT2D eigenvalue weighted by Gasteiger charge is 2.38. The lowest BCUT2D eigenvalue weighted by molar-refractivity contribution is 0.0902. The number of nitrogen functional groups attached to an aromatic ring is 1. The summed E-state index contributed by atoms with van der Waals surface area (Å²) in [6.07, 6.45) is 8.03. The topological polar surface area (TPSA) is 115 Å². The monoisotopic (exact) mass is 512 g/mol. The summed E-state index contributed by atoms with van der Waals surface area (Å²) >= 11 is 0. The van der Waals surface area contributed by atoms with Crippen molar-refractivity contribution in [2.75, 3.05) is 41.4 Å². The summed E-state index contributed by atoms with van der Waals surface area (Å²) in [6, 6.07) is 5.47. The zero-order valence-corrected chi connectivity index (χ0v) is 21.1. The molecule has 3 N–H and O–H groups in total. The Bertz CT molecular complexity index is 1260. The smallest absolute Gasteiger partial charge is 0.178 e. The first-order chi connectivity index (χ1) is 17.5. The molecule has 4 heterocycles. The van der Waals surface area contributed by atoms with Gasteiger partial charge in [-0.25, -0.2) is 18.6 Å². The van der Waals surface area contributed by atoms with Crippen molar-refractivity contribution < 1.29 is 18.1 Å². The number of nitrogens with one attached hydrogen (secondary N) is 1. The summed E-state index contributed by atoms with van der Waals surface area (Å²) in [5, 5.41) is 0. The lowest BCUT2D eigenvalue weighted by Gasteiger charge is -2.35. The van der Waals surface area contributed by atoms with Crippen LogP contribution in [0, 0.1) is 5.82 Å². The van der Waals surface area contributed by atoms with Crippen molar-refractivity contribution in [2.24, 2.45) is 0 Å². The van der Waals surface area contributed by atoms with Gasteiger partial charge in [0.05, 0.1) is 56.2 Å². The van der Waals surface area contributed by atoms with Crippen LogP contribution in [0.5, 0.6) is 5.75 Å². The molecule has 0 amide bonds. The van der Waals surface area contributed by atoms with E-state index in [4.69, 9.17) is 15.2 Å². The Morgan fingerprint density at radius 2 is 1.92 bits per heavy atom. The van der Waals surface area contributed by atoms with Crippen molar-refractivity contribution in [1.29, 1.82) is 0 Å². The molecule has 36 heavy (non-hydrogen) atoms. The van der Waals surface area contributed by atoms with Gasteiger partial charge in [-0.05, 0) is 43.0 Å². The minimum Gasteiger partial charge on any atom is -0.492 e. The highest BCUT2D eigenvalue weighted by Crippen LogP contribution is 2.37. The number of aromatic nitrogens is 3. The average molecular weight is 513 g/mol. The van der Waals surface area contributed by atoms with Gasteiger partial charge >= 0.3 is 0 Å². The van der Waals surface area contributed by atoms with E-state index in [1.807, 2.05) is 6.92 Å². The zero-order valence-electron chi connectivity index (χ0n) is 20.2. The maximum absolute atomic E-state index is 14.9. The maximum atomic E-state index is 14.9. The fourth-order valence-electron chi connectivity index (χ4n) is 4.84. The van der Waals surface area contributed by atoms with E-state index in [1.165, 1.54) is 13.2 Å². The van der Waals surface area contributed by atoms with Gasteiger partial charge in [-0.1, -0.05) is 6.92 Å². The van der Waals surface area contributed by atoms with E-state index in [9.17, 15) is 8.60 Å². The Balaban J connectivity index is 1.46. The zero-order chi connectivity index (χ0) is 25.2. The SMILES string of the molecule is CCCS(=O)Nc1cc(-c2cc(-c3cnc(N4C5CCC4COC5)cn3)cnc2N)cc(F)c1OC. The number of hydrogen-bond donors (Lipinski definition) is 2. The third-order valence-electron chi connectivity index (χ3n) is 6.53. The van der Waals surface area contributed by atoms with Crippen LogP contribution in [0.3, 0.4) is 0 Å². The van der Waals surface area contributed by atoms with E-state index in [0.717, 1.165) is 25.1 Å². The van der Waals surface area contributed by atoms with Crippen LogP contribution in [0.4, 0.5) is 21.7 Å². The molecule has 3 atom stereocenters. The number of fused-ring (bicyclic) bond motifs is 2. The van der Waals surface area contributed by atoms with Gasteiger partial charge < -0.3 is 24.8 Å². The molecule has 11 heteroatoms. The molecule has 0 radical (unpaired) electrons. The Kier molecular flexibility index (Phi) is 7.01. The van der Waals surface area contributed by atoms with Crippen LogP contribution >= 0.6 is 0 Å². The third-order valence-corrected chi connectivity index (χ3v) is 7.76. The first-order valence-corrected chi connectivity index (χ1v) is 13.3. The van der Waals surface area contributed by atoms with Crippen LogP contribution in [0.2, 0.25) is 0 Å². The van der Waals surface area contributed by atoms with Crippen LogP contribution in [-0.2, 0) is 15.7 Å². The van der Waals surface area contributed by atoms with Crippen LogP contribution in [0.1, 0.15) is 26.2 Å². The van der Waals surface area contributed by atoms with E-state index in [-0.39, 0.29) is 17.3 Å². The fraction of sp³-hybridized carbons (Fsp3) is 0.400. The molecule has 3 unspecified atom stereocenters. The fourth-order valence-corrected chi connectivity index (χ4v) is 5.71. The number of methoxy groups -OCH3 is 1. The molecule has 1 aromatic carbocycles. The van der Waals surface area contributed by atoms with Gasteiger partial charge in [-0.15, -0.1) is 0 Å². The molecule has 2 fully saturated rings. The maximum Gasteiger partial charge on any atom is 0.178 e. The molecule has 2 aromatic heterocycles. The third kappa shape index (κ3) is 4.72. The predicted octanol–water partition coefficient (Wildman–Crippen LogP) is 3.79. The number of rotatable bonds is 8. The summed E-state index contributed by atoms with van der Waals surface area (Å²) in [6.45, 7) is 3.35. The van der Waals surface area contributed by atoms with Crippen LogP contribution in [-0.4, -0.2) is 57.3 Å². The first kappa shape index (κ1) is 24.4. The van der Waals surface area contributed by atoms with Crippen LogP contribution < -0.4 is 20.1 Å². The standard InChI is InChI=1S/C25H29FN6O3S/c1-3-6-36(33)31-21-9-15(8-20(26)24(21)34-2)19-7-16(10-30-25(19)27)22-11-29-23(12-28-22)32-17-4-5-18(32)14-35-13-17/h7-12,17-18,31H,3-6,13-14H2,1-2H3,(H2,27,30). The Labute approximate surface area is 211 Å². The van der Waals surface area contributed by atoms with E-state index in [2.05, 4.69) is 24.6 Å². The average Bonchev–Trinajstić information content (AvgIpc) is 3.12. The quantitative estimate of drug-likeness (QED) is 0.469. The summed E-state index contributed by atoms with van der Waals surface area (Å²) in [5.74, 6) is 0.892. The summed E-state index contributed by atoms with van der Waals surface area (Å²) in [4.78, 5) is 15.9. The highest BCUT2D eigenvalue weighted by molar-refractivity contribution is 7.86. The number of ether oxygens (including phenoxy) is 2. The second-order valence-electron chi connectivity index (χ2n) is 8.94. The number of anilines is 3. The van der Waals surface area contributed by atoms with Gasteiger partial charge in [-0.3, -0.25) is 4.98 Å². The minimum atomic E-state index is -1.37. The van der Waals surface area contributed by atoms with Crippen molar-refractivity contribution in [3.8, 4) is 28.1 Å². The van der Waals surface area contributed by atoms with E-state index in [1.54, 1.807) is 30.7 Å². The number of morpholine rings is 1. The molecule has 2 aliphatic heterocycles. The van der Waals surface area contributed by atoms with Crippen molar-refractivity contribution in [2.45, 2.75) is 38.3 Å². The second kappa shape index (κ2) is 10.4. The molecule has 0 spiro atoms. The summed E-state index contributed by atoms with van der Waals surface area (Å²) in [5.41, 5.74) is 8.79. The van der Waals surface area contributed by atoms with E-state index in [0.29, 0.717) is 53.4 Å².